The topological polar surface area (TPSA) is 38.3 Å². The van der Waals surface area contributed by atoms with Gasteiger partial charge in [-0.15, -0.1) is 0 Å². The lowest BCUT2D eigenvalue weighted by molar-refractivity contribution is -0.128. The number of ether oxygens (including phenoxy) is 1. The van der Waals surface area contributed by atoms with Crippen molar-refractivity contribution in [2.75, 3.05) is 19.8 Å². The Morgan fingerprint density at radius 1 is 1.21 bits per heavy atom. The molecule has 3 heteroatoms. The molecule has 1 unspecified atom stereocenters. The van der Waals surface area contributed by atoms with Crippen molar-refractivity contribution in [3.05, 3.63) is 0 Å². The zero-order valence-corrected chi connectivity index (χ0v) is 8.63. The molecule has 1 saturated carbocycles. The molecule has 1 N–H and O–H groups in total. The number of morpholine rings is 1. The second-order valence-electron chi connectivity index (χ2n) is 4.32. The van der Waals surface area contributed by atoms with Gasteiger partial charge in [0.2, 0.25) is 0 Å². The van der Waals surface area contributed by atoms with E-state index in [4.69, 9.17) is 4.74 Å². The molecule has 1 aliphatic carbocycles. The predicted octanol–water partition coefficient (Wildman–Crippen LogP) is 1.12. The van der Waals surface area contributed by atoms with Crippen LogP contribution in [-0.2, 0) is 9.53 Å². The van der Waals surface area contributed by atoms with Crippen molar-refractivity contribution in [3.8, 4) is 0 Å². The van der Waals surface area contributed by atoms with Crippen LogP contribution >= 0.6 is 0 Å². The van der Waals surface area contributed by atoms with E-state index in [0.717, 1.165) is 26.0 Å². The first kappa shape index (κ1) is 10.1. The van der Waals surface area contributed by atoms with Crippen molar-refractivity contribution in [1.82, 2.24) is 5.32 Å². The average Bonchev–Trinajstić information content (AvgIpc) is 2.30. The summed E-state index contributed by atoms with van der Waals surface area (Å²) >= 11 is 0. The molecule has 0 radical (unpaired) electrons. The lowest BCUT2D eigenvalue weighted by Gasteiger charge is -2.28. The summed E-state index contributed by atoms with van der Waals surface area (Å²) in [4.78, 5) is 12.0. The molecular weight excluding hydrogens is 178 g/mol. The van der Waals surface area contributed by atoms with Gasteiger partial charge in [-0.25, -0.2) is 0 Å². The summed E-state index contributed by atoms with van der Waals surface area (Å²) in [5, 5.41) is 3.24. The van der Waals surface area contributed by atoms with Crippen LogP contribution in [0.2, 0.25) is 0 Å². The van der Waals surface area contributed by atoms with E-state index in [-0.39, 0.29) is 6.04 Å². The van der Waals surface area contributed by atoms with Crippen molar-refractivity contribution in [2.24, 2.45) is 5.92 Å². The first-order valence-electron chi connectivity index (χ1n) is 5.73. The van der Waals surface area contributed by atoms with Crippen molar-refractivity contribution >= 4 is 5.78 Å². The Kier molecular flexibility index (Phi) is 3.54. The highest BCUT2D eigenvalue weighted by Crippen LogP contribution is 2.25. The van der Waals surface area contributed by atoms with E-state index in [0.29, 0.717) is 18.3 Å². The Morgan fingerprint density at radius 3 is 2.64 bits per heavy atom. The summed E-state index contributed by atoms with van der Waals surface area (Å²) < 4.78 is 5.31. The van der Waals surface area contributed by atoms with Crippen molar-refractivity contribution in [2.45, 2.75) is 38.1 Å². The average molecular weight is 197 g/mol. The quantitative estimate of drug-likeness (QED) is 0.721. The lowest BCUT2D eigenvalue weighted by Crippen LogP contribution is -2.48. The zero-order valence-electron chi connectivity index (χ0n) is 8.63. The second kappa shape index (κ2) is 4.89. The smallest absolute Gasteiger partial charge is 0.155 e. The van der Waals surface area contributed by atoms with Crippen LogP contribution in [0.5, 0.6) is 0 Å². The fourth-order valence-corrected chi connectivity index (χ4v) is 2.42. The van der Waals surface area contributed by atoms with Crippen LogP contribution in [0.1, 0.15) is 32.1 Å². The van der Waals surface area contributed by atoms with Crippen molar-refractivity contribution < 1.29 is 9.53 Å². The maximum atomic E-state index is 12.0. The molecular formula is C11H19NO2. The number of carbonyl (C=O) groups excluding carboxylic acids is 1. The van der Waals surface area contributed by atoms with Gasteiger partial charge in [0.15, 0.2) is 5.78 Å². The zero-order chi connectivity index (χ0) is 9.80. The highest BCUT2D eigenvalue weighted by atomic mass is 16.5. The Bertz CT molecular complexity index is 173. The van der Waals surface area contributed by atoms with E-state index < -0.39 is 0 Å². The van der Waals surface area contributed by atoms with Gasteiger partial charge in [-0.05, 0) is 12.8 Å². The summed E-state index contributed by atoms with van der Waals surface area (Å²) in [6, 6.07) is -0.0214. The molecule has 1 aliphatic heterocycles. The lowest BCUT2D eigenvalue weighted by atomic mass is 9.84. The molecule has 0 bridgehead atoms. The van der Waals surface area contributed by atoms with E-state index in [9.17, 15) is 4.79 Å². The molecule has 1 atom stereocenters. The summed E-state index contributed by atoms with van der Waals surface area (Å²) in [6.45, 7) is 2.15. The van der Waals surface area contributed by atoms with E-state index in [1.807, 2.05) is 0 Å². The highest BCUT2D eigenvalue weighted by Gasteiger charge is 2.29. The Hall–Kier alpha value is -0.410. The van der Waals surface area contributed by atoms with Crippen molar-refractivity contribution in [1.29, 1.82) is 0 Å². The van der Waals surface area contributed by atoms with Crippen LogP contribution in [0.4, 0.5) is 0 Å². The summed E-state index contributed by atoms with van der Waals surface area (Å²) in [6.07, 6.45) is 5.94. The predicted molar refractivity (Wildman–Crippen MR) is 54.2 cm³/mol. The molecule has 80 valence electrons. The number of nitrogens with one attached hydrogen (secondary N) is 1. The van der Waals surface area contributed by atoms with Gasteiger partial charge >= 0.3 is 0 Å². The van der Waals surface area contributed by atoms with Gasteiger partial charge in [0.05, 0.1) is 19.3 Å². The largest absolute Gasteiger partial charge is 0.378 e. The minimum Gasteiger partial charge on any atom is -0.378 e. The minimum atomic E-state index is -0.0214. The molecule has 2 rings (SSSR count). The van der Waals surface area contributed by atoms with Crippen LogP contribution < -0.4 is 5.32 Å². The number of Topliss-reactive ketones (excluding diaryl/α,β-unsaturated/α-hetero) is 1. The van der Waals surface area contributed by atoms with Crippen LogP contribution in [-0.4, -0.2) is 31.6 Å². The summed E-state index contributed by atoms with van der Waals surface area (Å²) in [5.74, 6) is 0.701. The molecule has 14 heavy (non-hydrogen) atoms. The molecule has 0 aromatic heterocycles. The Labute approximate surface area is 85.2 Å². The third kappa shape index (κ3) is 2.34. The summed E-state index contributed by atoms with van der Waals surface area (Å²) in [7, 11) is 0. The molecule has 0 aromatic carbocycles. The van der Waals surface area contributed by atoms with Crippen LogP contribution in [0.3, 0.4) is 0 Å². The maximum absolute atomic E-state index is 12.0. The third-order valence-corrected chi connectivity index (χ3v) is 3.27. The SMILES string of the molecule is O=C(C1CCCCC1)C1COCCN1. The summed E-state index contributed by atoms with van der Waals surface area (Å²) in [5.41, 5.74) is 0. The van der Waals surface area contributed by atoms with Crippen molar-refractivity contribution in [3.63, 3.8) is 0 Å². The van der Waals surface area contributed by atoms with Gasteiger partial charge in [-0.2, -0.15) is 0 Å². The molecule has 2 fully saturated rings. The molecule has 2 aliphatic rings. The van der Waals surface area contributed by atoms with E-state index in [2.05, 4.69) is 5.32 Å². The van der Waals surface area contributed by atoms with Gasteiger partial charge in [0.25, 0.3) is 0 Å². The standard InChI is InChI=1S/C11H19NO2/c13-11(9-4-2-1-3-5-9)10-8-14-7-6-12-10/h9-10,12H,1-8H2. The number of rotatable bonds is 2. The van der Waals surface area contributed by atoms with Gasteiger partial charge in [-0.3, -0.25) is 4.79 Å². The first-order chi connectivity index (χ1) is 6.88. The van der Waals surface area contributed by atoms with Gasteiger partial charge < -0.3 is 10.1 Å². The van der Waals surface area contributed by atoms with Crippen LogP contribution in [0.15, 0.2) is 0 Å². The highest BCUT2D eigenvalue weighted by molar-refractivity contribution is 5.86. The Morgan fingerprint density at radius 2 is 2.00 bits per heavy atom. The van der Waals surface area contributed by atoms with E-state index in [1.165, 1.54) is 19.3 Å². The second-order valence-corrected chi connectivity index (χ2v) is 4.32. The number of ketones is 1. The van der Waals surface area contributed by atoms with E-state index in [1.54, 1.807) is 0 Å². The van der Waals surface area contributed by atoms with Crippen LogP contribution in [0.25, 0.3) is 0 Å². The number of hydrogen-bond acceptors (Lipinski definition) is 3. The fourth-order valence-electron chi connectivity index (χ4n) is 2.42. The first-order valence-corrected chi connectivity index (χ1v) is 5.73. The Balaban J connectivity index is 1.85. The molecule has 1 saturated heterocycles. The number of hydrogen-bond donors (Lipinski definition) is 1. The minimum absolute atomic E-state index is 0.0214. The van der Waals surface area contributed by atoms with Gasteiger partial charge in [-0.1, -0.05) is 19.3 Å². The van der Waals surface area contributed by atoms with Gasteiger partial charge in [0.1, 0.15) is 0 Å². The number of carbonyl (C=O) groups is 1. The maximum Gasteiger partial charge on any atom is 0.155 e. The van der Waals surface area contributed by atoms with E-state index >= 15 is 0 Å². The van der Waals surface area contributed by atoms with Crippen LogP contribution in [0, 0.1) is 5.92 Å². The molecule has 3 nitrogen and oxygen atoms in total. The fraction of sp³-hybridized carbons (Fsp3) is 0.909. The molecule has 1 heterocycles. The monoisotopic (exact) mass is 197 g/mol. The van der Waals surface area contributed by atoms with Gasteiger partial charge in [0, 0.05) is 12.5 Å². The molecule has 0 amide bonds. The normalized spacial score (nSPS) is 30.1. The molecule has 0 spiro atoms. The molecule has 0 aromatic rings. The third-order valence-electron chi connectivity index (χ3n) is 3.27.